The predicted molar refractivity (Wildman–Crippen MR) is 187 cm³/mol. The van der Waals surface area contributed by atoms with Crippen LogP contribution in [0, 0.1) is 10.1 Å². The first-order valence-corrected chi connectivity index (χ1v) is 15.4. The number of hydrogen-bond acceptors (Lipinski definition) is 9. The number of nitrogens with zero attached hydrogens (tertiary/aromatic N) is 6. The second kappa shape index (κ2) is 17.2. The molecule has 1 aliphatic rings. The van der Waals surface area contributed by atoms with E-state index in [9.17, 15) is 14.9 Å². The number of aldehydes is 1. The number of aryl methyl sites for hydroxylation is 1. The smallest absolute Gasteiger partial charge is 0.270 e. The van der Waals surface area contributed by atoms with Crippen LogP contribution in [-0.2, 0) is 11.8 Å². The molecule has 0 bridgehead atoms. The molecule has 0 radical (unpaired) electrons. The molecule has 1 N–H and O–H groups in total. The van der Waals surface area contributed by atoms with Gasteiger partial charge in [-0.1, -0.05) is 49.3 Å². The lowest BCUT2D eigenvalue weighted by Gasteiger charge is -2.33. The Balaban J connectivity index is 0.000000349. The van der Waals surface area contributed by atoms with E-state index in [1.165, 1.54) is 29.8 Å². The minimum atomic E-state index is -0.535. The van der Waals surface area contributed by atoms with Crippen molar-refractivity contribution < 1.29 is 14.5 Å². The predicted octanol–water partition coefficient (Wildman–Crippen LogP) is 8.00. The number of aromatic nitrogens is 4. The van der Waals surface area contributed by atoms with Gasteiger partial charge in [-0.15, -0.1) is 0 Å². The average molecular weight is 691 g/mol. The molecule has 46 heavy (non-hydrogen) atoms. The number of hydrogen-bond donors (Lipinski definition) is 1. The molecule has 0 spiro atoms. The van der Waals surface area contributed by atoms with E-state index in [4.69, 9.17) is 9.72 Å². The summed E-state index contributed by atoms with van der Waals surface area (Å²) < 4.78 is 8.38. The van der Waals surface area contributed by atoms with Crippen LogP contribution in [0.3, 0.4) is 0 Å². The van der Waals surface area contributed by atoms with E-state index in [-0.39, 0.29) is 19.2 Å². The maximum Gasteiger partial charge on any atom is 0.270 e. The lowest BCUT2D eigenvalue weighted by Crippen LogP contribution is -2.38. The molecule has 1 fully saturated rings. The van der Waals surface area contributed by atoms with Crippen LogP contribution in [0.1, 0.15) is 50.2 Å². The molecular formula is C34H40BrN7O4. The zero-order valence-corrected chi connectivity index (χ0v) is 27.3. The molecule has 2 aromatic heterocycles. The molecule has 3 heterocycles. The standard InChI is InChI=1S/C24H25BrN6O.C7H5NO3.C2H6.CH4/c1-16(31-5-7-32-8-6-31)17-9-18(20-14-27-30(2)15-20)12-22(11-17)28-24-26-13-19-10-21(25)3-4-23(19)29-24;9-5-6-2-1-3-7(4-6)8(10)11;1-2;/h3-4,9-16H,5-8H2,1-2H3,(H,26,28,29);1-5H;1-2H3;1H4. The largest absolute Gasteiger partial charge is 0.379 e. The van der Waals surface area contributed by atoms with Gasteiger partial charge < -0.3 is 10.1 Å². The SMILES string of the molecule is C.CC.CC(c1cc(Nc2ncc3cc(Br)ccc3n2)cc(-c2cnn(C)c2)c1)N1CCOCC1.O=Cc1cccc([N+](=O)[O-])c1. The fraction of sp³-hybridized carbons (Fsp3) is 0.294. The van der Waals surface area contributed by atoms with Crippen molar-refractivity contribution in [2.24, 2.45) is 7.05 Å². The van der Waals surface area contributed by atoms with Crippen molar-refractivity contribution in [2.75, 3.05) is 31.6 Å². The van der Waals surface area contributed by atoms with E-state index >= 15 is 0 Å². The summed E-state index contributed by atoms with van der Waals surface area (Å²) in [5.41, 5.74) is 5.54. The van der Waals surface area contributed by atoms with Gasteiger partial charge in [0.2, 0.25) is 5.95 Å². The topological polar surface area (TPSA) is 128 Å². The van der Waals surface area contributed by atoms with Crippen molar-refractivity contribution in [1.82, 2.24) is 24.6 Å². The summed E-state index contributed by atoms with van der Waals surface area (Å²) >= 11 is 3.50. The molecule has 1 unspecified atom stereocenters. The first-order chi connectivity index (χ1) is 21.8. The molecule has 0 amide bonds. The first kappa shape index (κ1) is 36.0. The van der Waals surface area contributed by atoms with Gasteiger partial charge in [-0.3, -0.25) is 24.5 Å². The zero-order chi connectivity index (χ0) is 32.3. The van der Waals surface area contributed by atoms with E-state index in [0.717, 1.165) is 58.5 Å². The fourth-order valence-electron chi connectivity index (χ4n) is 4.78. The number of halogens is 1. The third-order valence-electron chi connectivity index (χ3n) is 7.08. The van der Waals surface area contributed by atoms with Gasteiger partial charge in [0.15, 0.2) is 0 Å². The number of nitro benzene ring substituents is 1. The van der Waals surface area contributed by atoms with Crippen molar-refractivity contribution in [2.45, 2.75) is 34.2 Å². The maximum absolute atomic E-state index is 10.2. The first-order valence-electron chi connectivity index (χ1n) is 14.6. The van der Waals surface area contributed by atoms with Gasteiger partial charge in [-0.2, -0.15) is 5.10 Å². The van der Waals surface area contributed by atoms with Crippen LogP contribution < -0.4 is 5.32 Å². The highest BCUT2D eigenvalue weighted by Crippen LogP contribution is 2.31. The van der Waals surface area contributed by atoms with Crippen molar-refractivity contribution in [3.8, 4) is 11.1 Å². The minimum Gasteiger partial charge on any atom is -0.379 e. The van der Waals surface area contributed by atoms with Crippen molar-refractivity contribution in [3.05, 3.63) is 105 Å². The van der Waals surface area contributed by atoms with E-state index < -0.39 is 4.92 Å². The number of carbonyl (C=O) groups excluding carboxylic acids is 1. The molecule has 0 aliphatic carbocycles. The molecule has 11 nitrogen and oxygen atoms in total. The van der Waals surface area contributed by atoms with E-state index in [1.807, 2.05) is 62.4 Å². The van der Waals surface area contributed by atoms with Gasteiger partial charge >= 0.3 is 0 Å². The fourth-order valence-corrected chi connectivity index (χ4v) is 5.16. The van der Waals surface area contributed by atoms with Gasteiger partial charge in [-0.05, 0) is 54.4 Å². The molecular weight excluding hydrogens is 650 g/mol. The quantitative estimate of drug-likeness (QED) is 0.103. The number of nitrogens with one attached hydrogen (secondary N) is 1. The second-order valence-corrected chi connectivity index (χ2v) is 11.0. The normalized spacial score (nSPS) is 13.2. The molecule has 5 aromatic rings. The molecule has 242 valence electrons. The van der Waals surface area contributed by atoms with Crippen LogP contribution in [0.5, 0.6) is 0 Å². The summed E-state index contributed by atoms with van der Waals surface area (Å²) in [7, 11) is 1.93. The Hall–Kier alpha value is -4.52. The lowest BCUT2D eigenvalue weighted by molar-refractivity contribution is -0.384. The lowest BCUT2D eigenvalue weighted by atomic mass is 9.99. The summed E-state index contributed by atoms with van der Waals surface area (Å²) in [4.78, 5) is 31.5. The summed E-state index contributed by atoms with van der Waals surface area (Å²) in [6, 6.07) is 18.4. The molecule has 12 heteroatoms. The van der Waals surface area contributed by atoms with Crippen LogP contribution in [0.2, 0.25) is 0 Å². The Morgan fingerprint density at radius 2 is 1.80 bits per heavy atom. The number of anilines is 2. The molecule has 3 aromatic carbocycles. The monoisotopic (exact) mass is 689 g/mol. The molecule has 1 atom stereocenters. The minimum absolute atomic E-state index is 0. The second-order valence-electron chi connectivity index (χ2n) is 10.1. The number of morpholine rings is 1. The number of non-ortho nitro benzene ring substituents is 1. The van der Waals surface area contributed by atoms with Crippen molar-refractivity contribution in [3.63, 3.8) is 0 Å². The van der Waals surface area contributed by atoms with Gasteiger partial charge in [0.25, 0.3) is 5.69 Å². The van der Waals surface area contributed by atoms with Crippen molar-refractivity contribution in [1.29, 1.82) is 0 Å². The Bertz CT molecular complexity index is 1760. The van der Waals surface area contributed by atoms with Crippen LogP contribution in [0.4, 0.5) is 17.3 Å². The number of ether oxygens (including phenoxy) is 1. The average Bonchev–Trinajstić information content (AvgIpc) is 3.52. The Morgan fingerprint density at radius 3 is 2.48 bits per heavy atom. The number of carbonyl (C=O) groups is 1. The Morgan fingerprint density at radius 1 is 1.04 bits per heavy atom. The van der Waals surface area contributed by atoms with Crippen LogP contribution in [-0.4, -0.2) is 62.2 Å². The van der Waals surface area contributed by atoms with Gasteiger partial charge in [0, 0.05) is 77.4 Å². The number of nitro groups is 1. The summed E-state index contributed by atoms with van der Waals surface area (Å²) in [6.45, 7) is 9.67. The zero-order valence-electron chi connectivity index (χ0n) is 25.7. The van der Waals surface area contributed by atoms with E-state index in [0.29, 0.717) is 17.8 Å². The third kappa shape index (κ3) is 9.49. The molecule has 0 saturated carbocycles. The van der Waals surface area contributed by atoms with Gasteiger partial charge in [0.05, 0.1) is 29.9 Å². The van der Waals surface area contributed by atoms with E-state index in [1.54, 1.807) is 0 Å². The molecule has 1 saturated heterocycles. The van der Waals surface area contributed by atoms with Crippen molar-refractivity contribution >= 4 is 50.4 Å². The van der Waals surface area contributed by atoms with Crippen LogP contribution >= 0.6 is 15.9 Å². The highest BCUT2D eigenvalue weighted by Gasteiger charge is 2.20. The summed E-state index contributed by atoms with van der Waals surface area (Å²) in [5, 5.41) is 18.9. The Labute approximate surface area is 277 Å². The summed E-state index contributed by atoms with van der Waals surface area (Å²) in [5.74, 6) is 0.577. The van der Waals surface area contributed by atoms with Crippen LogP contribution in [0.15, 0.2) is 83.7 Å². The summed E-state index contributed by atoms with van der Waals surface area (Å²) in [6.07, 6.45) is 6.35. The van der Waals surface area contributed by atoms with Crippen LogP contribution in [0.25, 0.3) is 22.0 Å². The third-order valence-corrected chi connectivity index (χ3v) is 7.58. The highest BCUT2D eigenvalue weighted by atomic mass is 79.9. The van der Waals surface area contributed by atoms with Gasteiger partial charge in [0.1, 0.15) is 6.29 Å². The van der Waals surface area contributed by atoms with Gasteiger partial charge in [-0.25, -0.2) is 9.97 Å². The van der Waals surface area contributed by atoms with E-state index in [2.05, 4.69) is 61.4 Å². The maximum atomic E-state index is 10.2. The number of benzene rings is 3. The molecule has 1 aliphatic heterocycles. The highest BCUT2D eigenvalue weighted by molar-refractivity contribution is 9.10. The Kier molecular flexibility index (Phi) is 13.5. The number of fused-ring (bicyclic) bond motifs is 1. The molecule has 6 rings (SSSR count). The number of rotatable bonds is 7.